The van der Waals surface area contributed by atoms with Crippen molar-refractivity contribution in [1.29, 1.82) is 0 Å². The summed E-state index contributed by atoms with van der Waals surface area (Å²) in [5.41, 5.74) is 0.909. The van der Waals surface area contributed by atoms with Crippen LogP contribution in [0.2, 0.25) is 0 Å². The molecule has 1 heterocycles. The average Bonchev–Trinajstić information content (AvgIpc) is 2.52. The van der Waals surface area contributed by atoms with Crippen LogP contribution in [0.1, 0.15) is 12.1 Å². The molecule has 14 heavy (non-hydrogen) atoms. The van der Waals surface area contributed by atoms with Crippen LogP contribution < -0.4 is 0 Å². The number of hydrogen-bond acceptors (Lipinski definition) is 4. The van der Waals surface area contributed by atoms with Crippen LogP contribution in [-0.2, 0) is 6.42 Å². The molecule has 0 aliphatic heterocycles. The van der Waals surface area contributed by atoms with E-state index >= 15 is 0 Å². The molecule has 4 heteroatoms. The van der Waals surface area contributed by atoms with Gasteiger partial charge in [-0.3, -0.25) is 0 Å². The van der Waals surface area contributed by atoms with Gasteiger partial charge in [-0.05, 0) is 31.2 Å². The van der Waals surface area contributed by atoms with Gasteiger partial charge in [0.2, 0.25) is 0 Å². The first-order chi connectivity index (χ1) is 6.77. The number of aliphatic hydroxyl groups is 2. The van der Waals surface area contributed by atoms with Crippen LogP contribution in [0.25, 0.3) is 0 Å². The largest absolute Gasteiger partial charge is 0.390 e. The van der Waals surface area contributed by atoms with E-state index in [0.29, 0.717) is 6.42 Å². The maximum absolute atomic E-state index is 9.59. The van der Waals surface area contributed by atoms with Gasteiger partial charge in [0.05, 0.1) is 12.2 Å². The molecule has 1 fully saturated rings. The Kier molecular flexibility index (Phi) is 2.74. The van der Waals surface area contributed by atoms with E-state index in [9.17, 15) is 10.2 Å². The van der Waals surface area contributed by atoms with Crippen LogP contribution in [0.5, 0.6) is 0 Å². The Morgan fingerprint density at radius 3 is 2.86 bits per heavy atom. The number of hydrogen-bond donors (Lipinski definition) is 2. The van der Waals surface area contributed by atoms with Gasteiger partial charge in [0.15, 0.2) is 0 Å². The highest BCUT2D eigenvalue weighted by atomic mass is 16.3. The molecule has 1 radical (unpaired) electrons. The lowest BCUT2D eigenvalue weighted by Crippen LogP contribution is -2.26. The van der Waals surface area contributed by atoms with Crippen LogP contribution >= 0.6 is 0 Å². The highest BCUT2D eigenvalue weighted by Crippen LogP contribution is 2.27. The lowest BCUT2D eigenvalue weighted by molar-refractivity contribution is 0.0307. The van der Waals surface area contributed by atoms with Crippen molar-refractivity contribution in [3.8, 4) is 0 Å². The van der Waals surface area contributed by atoms with Crippen molar-refractivity contribution >= 4 is 0 Å². The fourth-order valence-corrected chi connectivity index (χ4v) is 1.78. The fourth-order valence-electron chi connectivity index (χ4n) is 1.78. The van der Waals surface area contributed by atoms with Crippen molar-refractivity contribution in [2.45, 2.75) is 25.0 Å². The van der Waals surface area contributed by atoms with Crippen molar-refractivity contribution in [1.82, 2.24) is 9.97 Å². The molecule has 75 valence electrons. The monoisotopic (exact) mass is 193 g/mol. The molecule has 0 aromatic carbocycles. The standard InChI is InChI=1S/C10H13N2O2/c13-9-2-1-7(10(9)14)5-8-3-4-11-6-12-8/h2-4,6-7,9-10,13-14H,1,5H2. The van der Waals surface area contributed by atoms with Crippen LogP contribution in [0.4, 0.5) is 0 Å². The number of nitrogens with zero attached hydrogens (tertiary/aromatic N) is 2. The summed E-state index contributed by atoms with van der Waals surface area (Å²) < 4.78 is 0. The van der Waals surface area contributed by atoms with Crippen LogP contribution in [0.15, 0.2) is 18.6 Å². The van der Waals surface area contributed by atoms with Gasteiger partial charge in [0.25, 0.3) is 0 Å². The van der Waals surface area contributed by atoms with Crippen molar-refractivity contribution in [2.24, 2.45) is 5.92 Å². The molecule has 3 atom stereocenters. The van der Waals surface area contributed by atoms with E-state index in [1.807, 2.05) is 6.07 Å². The zero-order chi connectivity index (χ0) is 9.97. The molecule has 4 nitrogen and oxygen atoms in total. The molecule has 1 aromatic heterocycles. The van der Waals surface area contributed by atoms with Crippen LogP contribution in [0.3, 0.4) is 0 Å². The van der Waals surface area contributed by atoms with Gasteiger partial charge in [-0.2, -0.15) is 0 Å². The van der Waals surface area contributed by atoms with E-state index in [0.717, 1.165) is 12.1 Å². The molecule has 1 saturated carbocycles. The zero-order valence-corrected chi connectivity index (χ0v) is 7.74. The summed E-state index contributed by atoms with van der Waals surface area (Å²) in [4.78, 5) is 7.91. The van der Waals surface area contributed by atoms with E-state index in [1.165, 1.54) is 6.33 Å². The summed E-state index contributed by atoms with van der Waals surface area (Å²) in [5.74, 6) is 0.0832. The Morgan fingerprint density at radius 2 is 2.29 bits per heavy atom. The zero-order valence-electron chi connectivity index (χ0n) is 7.74. The molecule has 1 aliphatic carbocycles. The van der Waals surface area contributed by atoms with E-state index in [-0.39, 0.29) is 5.92 Å². The summed E-state index contributed by atoms with van der Waals surface area (Å²) in [5, 5.41) is 18.9. The van der Waals surface area contributed by atoms with E-state index in [4.69, 9.17) is 0 Å². The first kappa shape index (κ1) is 9.55. The first-order valence-electron chi connectivity index (χ1n) is 4.71. The summed E-state index contributed by atoms with van der Waals surface area (Å²) in [6.07, 6.45) is 5.03. The summed E-state index contributed by atoms with van der Waals surface area (Å²) >= 11 is 0. The minimum Gasteiger partial charge on any atom is -0.390 e. The Balaban J connectivity index is 1.99. The highest BCUT2D eigenvalue weighted by molar-refractivity contribution is 5.05. The van der Waals surface area contributed by atoms with Gasteiger partial charge in [-0.15, -0.1) is 0 Å². The normalized spacial score (nSPS) is 32.0. The topological polar surface area (TPSA) is 66.2 Å². The Morgan fingerprint density at radius 1 is 1.43 bits per heavy atom. The predicted molar refractivity (Wildman–Crippen MR) is 50.2 cm³/mol. The van der Waals surface area contributed by atoms with E-state index in [1.54, 1.807) is 12.6 Å². The molecule has 0 amide bonds. The number of aromatic nitrogens is 2. The Labute approximate surface area is 82.6 Å². The fraction of sp³-hybridized carbons (Fsp3) is 0.500. The lowest BCUT2D eigenvalue weighted by atomic mass is 9.99. The lowest BCUT2D eigenvalue weighted by Gasteiger charge is -2.15. The van der Waals surface area contributed by atoms with Crippen molar-refractivity contribution in [3.05, 3.63) is 30.7 Å². The average molecular weight is 193 g/mol. The molecular formula is C10H13N2O2. The smallest absolute Gasteiger partial charge is 0.115 e. The molecule has 1 aromatic rings. The Bertz CT molecular complexity index is 291. The molecular weight excluding hydrogens is 180 g/mol. The van der Waals surface area contributed by atoms with E-state index < -0.39 is 12.2 Å². The van der Waals surface area contributed by atoms with E-state index in [2.05, 4.69) is 9.97 Å². The molecule has 2 N–H and O–H groups in total. The second-order valence-electron chi connectivity index (χ2n) is 3.62. The second kappa shape index (κ2) is 4.02. The van der Waals surface area contributed by atoms with Crippen molar-refractivity contribution < 1.29 is 10.2 Å². The summed E-state index contributed by atoms with van der Waals surface area (Å²) in [7, 11) is 0. The van der Waals surface area contributed by atoms with Gasteiger partial charge in [0, 0.05) is 11.9 Å². The number of aliphatic hydroxyl groups excluding tert-OH is 2. The first-order valence-corrected chi connectivity index (χ1v) is 4.71. The van der Waals surface area contributed by atoms with Crippen molar-refractivity contribution in [3.63, 3.8) is 0 Å². The quantitative estimate of drug-likeness (QED) is 0.692. The third kappa shape index (κ3) is 1.91. The minimum atomic E-state index is -0.679. The van der Waals surface area contributed by atoms with Gasteiger partial charge in [-0.25, -0.2) is 9.97 Å². The van der Waals surface area contributed by atoms with Crippen molar-refractivity contribution in [2.75, 3.05) is 0 Å². The maximum atomic E-state index is 9.59. The number of rotatable bonds is 2. The molecule has 2 rings (SSSR count). The van der Waals surface area contributed by atoms with Crippen LogP contribution in [-0.4, -0.2) is 32.4 Å². The third-order valence-corrected chi connectivity index (χ3v) is 2.63. The van der Waals surface area contributed by atoms with Gasteiger partial charge in [-0.1, -0.05) is 0 Å². The molecule has 0 spiro atoms. The van der Waals surface area contributed by atoms with Gasteiger partial charge < -0.3 is 10.2 Å². The third-order valence-electron chi connectivity index (χ3n) is 2.63. The molecule has 1 aliphatic rings. The summed E-state index contributed by atoms with van der Waals surface area (Å²) in [6.45, 7) is 0. The van der Waals surface area contributed by atoms with Crippen LogP contribution in [0, 0.1) is 12.3 Å². The SMILES string of the molecule is OC1[CH]CC(Cc2ccncn2)C1O. The Hall–Kier alpha value is -1.00. The maximum Gasteiger partial charge on any atom is 0.115 e. The molecule has 3 unspecified atom stereocenters. The predicted octanol–water partition coefficient (Wildman–Crippen LogP) is -0.0349. The minimum absolute atomic E-state index is 0.0832. The van der Waals surface area contributed by atoms with Gasteiger partial charge in [0.1, 0.15) is 6.33 Å². The second-order valence-corrected chi connectivity index (χ2v) is 3.62. The molecule has 0 saturated heterocycles. The van der Waals surface area contributed by atoms with Gasteiger partial charge >= 0.3 is 0 Å². The molecule has 0 bridgehead atoms. The highest BCUT2D eigenvalue weighted by Gasteiger charge is 2.33. The summed E-state index contributed by atoms with van der Waals surface area (Å²) in [6, 6.07) is 1.83.